The fraction of sp³-hybridized carbons (Fsp3) is 0.281. The number of fused-ring (bicyclic) bond motifs is 3. The van der Waals surface area contributed by atoms with Gasteiger partial charge in [-0.2, -0.15) is 33.3 Å². The van der Waals surface area contributed by atoms with E-state index in [1.807, 2.05) is 57.4 Å². The second-order valence-electron chi connectivity index (χ2n) is 33.2. The van der Waals surface area contributed by atoms with E-state index in [1.165, 1.54) is 46.2 Å². The Labute approximate surface area is 817 Å². The van der Waals surface area contributed by atoms with Crippen LogP contribution in [0.25, 0.3) is 83.9 Å². The van der Waals surface area contributed by atoms with E-state index in [2.05, 4.69) is 51.8 Å². The molecule has 3 aliphatic rings. The molecule has 15 rings (SSSR count). The van der Waals surface area contributed by atoms with Crippen LogP contribution in [0.2, 0.25) is 35.2 Å². The number of pyridine rings is 9. The lowest BCUT2D eigenvalue weighted by atomic mass is 10.0. The highest BCUT2D eigenvalue weighted by molar-refractivity contribution is 6.39. The molecule has 42 heteroatoms. The van der Waals surface area contributed by atoms with Crippen LogP contribution in [0.1, 0.15) is 126 Å². The van der Waals surface area contributed by atoms with Gasteiger partial charge in [0.15, 0.2) is 29.0 Å². The molecule has 3 saturated heterocycles. The van der Waals surface area contributed by atoms with E-state index in [1.54, 1.807) is 78.2 Å². The van der Waals surface area contributed by atoms with Gasteiger partial charge in [-0.1, -0.05) is 142 Å². The summed E-state index contributed by atoms with van der Waals surface area (Å²) in [6.45, 7) is 33.2. The first kappa shape index (κ1) is 102. The molecular formula is C96H81Cl7F8N18O9. The maximum absolute atomic E-state index is 15.5. The molecule has 0 bridgehead atoms. The van der Waals surface area contributed by atoms with Gasteiger partial charge in [0, 0.05) is 124 Å². The van der Waals surface area contributed by atoms with Crippen molar-refractivity contribution in [2.24, 2.45) is 0 Å². The molecule has 9 aromatic heterocycles. The molecule has 0 unspecified atom stereocenters. The largest absolute Gasteiger partial charge is 0.506 e. The van der Waals surface area contributed by atoms with Gasteiger partial charge in [0.25, 0.3) is 16.7 Å². The second kappa shape index (κ2) is 40.3. The minimum atomic E-state index is -5.73. The summed E-state index contributed by atoms with van der Waals surface area (Å²) in [6.07, 6.45) is 2.66. The molecule has 3 fully saturated rings. The zero-order chi connectivity index (χ0) is 101. The Hall–Kier alpha value is -13.4. The normalized spacial score (nSPS) is 13.5. The lowest BCUT2D eigenvalue weighted by Crippen LogP contribution is -2.49. The molecule has 3 aromatic carbocycles. The molecule has 3 amide bonds. The highest BCUT2D eigenvalue weighted by atomic mass is 35.5. The number of halogens is 15. The van der Waals surface area contributed by atoms with Crippen LogP contribution in [0.15, 0.2) is 107 Å². The third-order valence-corrected chi connectivity index (χ3v) is 26.4. The van der Waals surface area contributed by atoms with E-state index in [4.69, 9.17) is 91.2 Å². The van der Waals surface area contributed by atoms with E-state index in [-0.39, 0.29) is 166 Å². The SMILES string of the molecule is C=CC(=O)N1CCN(c2c(C#N)c(=O)n(-c3c(C)ccnc3C(C)C)c3nc(-c4c(C)c(Cl)c(F)c(Cl)c4O)c(Cl)cc23)CC1.C=CC(=O)N1CCN(c2c(C#N)c(=O)n(-c3c(C)ccnc3C(C)C)c3nc(-c4c(C)c(Cl)c(F)c(Cl)c4O)c(Cl)cc23)CC1.C=CC(=O)N1CCN(c2c(C#N)c(=O)n(-c3c(C)ccnc3C(C)C)c3nc(-c4c(O)c(F)c(F)c(C(F)(F)F)c4F)c(Cl)cc23)CC1. The van der Waals surface area contributed by atoms with Gasteiger partial charge in [-0.15, -0.1) is 0 Å². The molecule has 3 N–H and O–H groups in total. The second-order valence-corrected chi connectivity index (χ2v) is 35.9. The highest BCUT2D eigenvalue weighted by Crippen LogP contribution is 2.52. The zero-order valence-electron chi connectivity index (χ0n) is 75.3. The number of nitriles is 3. The third-order valence-electron chi connectivity index (χ3n) is 23.9. The first-order chi connectivity index (χ1) is 65.2. The Morgan fingerprint density at radius 2 is 0.674 bits per heavy atom. The van der Waals surface area contributed by atoms with Gasteiger partial charge in [-0.3, -0.25) is 57.4 Å². The van der Waals surface area contributed by atoms with Crippen molar-refractivity contribution in [3.8, 4) is 86.3 Å². The van der Waals surface area contributed by atoms with Gasteiger partial charge in [0.2, 0.25) is 23.5 Å². The van der Waals surface area contributed by atoms with Crippen molar-refractivity contribution >= 4 is 149 Å². The standard InChI is InChI=1S/2C32H28Cl3FN6O3.C32H25ClF6N6O3/c2*1-6-21(43)40-9-11-41(12-10-40)29-18-13-20(33)27(22-17(5)23(34)25(36)24(35)30(22)44)39-31(18)42(32(45)19(29)14-37)28-16(4)7-8-38-26(28)15(2)3;1-5-19(46)43-8-10-44(11-9-43)28-16-12-18(33)26(20-22(34)21(32(37,38)39)23(35)24(36)29(20)47)42-30(16)45(31(48)17(28)13-40)27-15(4)6-7-41-25(27)14(2)3/h2*6-8,13,15,44H,1,9-12H2,2-5H3;5-7,12,14,47H,1,8-11H2,2-4H3. The molecule has 714 valence electrons. The number of aromatic nitrogens is 9. The summed E-state index contributed by atoms with van der Waals surface area (Å²) in [7, 11) is 0. The lowest BCUT2D eigenvalue weighted by molar-refractivity contribution is -0.142. The van der Waals surface area contributed by atoms with Crippen molar-refractivity contribution in [3.05, 3.63) is 255 Å². The number of carbonyl (C=O) groups is 3. The summed E-state index contributed by atoms with van der Waals surface area (Å²) in [5, 5.41) is 61.9. The van der Waals surface area contributed by atoms with Gasteiger partial charge in [-0.25, -0.2) is 32.5 Å². The Balaban J connectivity index is 0.000000175. The summed E-state index contributed by atoms with van der Waals surface area (Å²) in [6, 6.07) is 15.4. The van der Waals surface area contributed by atoms with Crippen LogP contribution < -0.4 is 31.4 Å². The number of piperazine rings is 3. The Morgan fingerprint density at radius 1 is 0.406 bits per heavy atom. The number of aryl methyl sites for hydroxylation is 3. The number of anilines is 3. The number of phenols is 3. The Bertz CT molecular complexity index is 7190. The van der Waals surface area contributed by atoms with Crippen molar-refractivity contribution in [1.29, 1.82) is 15.8 Å². The lowest BCUT2D eigenvalue weighted by Gasteiger charge is -2.36. The van der Waals surface area contributed by atoms with Crippen LogP contribution in [0.3, 0.4) is 0 Å². The molecule has 138 heavy (non-hydrogen) atoms. The number of aromatic hydroxyl groups is 3. The molecule has 0 radical (unpaired) electrons. The van der Waals surface area contributed by atoms with Gasteiger partial charge >= 0.3 is 6.18 Å². The average molecular weight is 2030 g/mol. The summed E-state index contributed by atoms with van der Waals surface area (Å²) < 4.78 is 119. The monoisotopic (exact) mass is 2030 g/mol. The van der Waals surface area contributed by atoms with Gasteiger partial charge in [0.05, 0.1) is 99.0 Å². The van der Waals surface area contributed by atoms with Crippen molar-refractivity contribution in [3.63, 3.8) is 0 Å². The van der Waals surface area contributed by atoms with Crippen molar-refractivity contribution < 1.29 is 64.8 Å². The number of phenolic OH excluding ortho intramolecular Hbond substituents is 3. The molecule has 12 aromatic rings. The zero-order valence-corrected chi connectivity index (χ0v) is 80.6. The Kier molecular flexibility index (Phi) is 29.8. The minimum Gasteiger partial charge on any atom is -0.506 e. The first-order valence-corrected chi connectivity index (χ1v) is 45.0. The van der Waals surface area contributed by atoms with Crippen LogP contribution in [-0.4, -0.2) is 170 Å². The fourth-order valence-electron chi connectivity index (χ4n) is 17.1. The minimum absolute atomic E-state index is 0.000108. The fourth-order valence-corrected chi connectivity index (χ4v) is 18.7. The maximum atomic E-state index is 15.5. The topological polar surface area (TPSA) is 346 Å². The van der Waals surface area contributed by atoms with E-state index in [0.29, 0.717) is 120 Å². The van der Waals surface area contributed by atoms with Crippen LogP contribution in [0, 0.1) is 97.7 Å². The molecule has 3 aliphatic heterocycles. The molecular weight excluding hydrogens is 1950 g/mol. The summed E-state index contributed by atoms with van der Waals surface area (Å²) in [4.78, 5) is 117. The molecule has 12 heterocycles. The van der Waals surface area contributed by atoms with Crippen molar-refractivity contribution in [2.45, 2.75) is 100 Å². The van der Waals surface area contributed by atoms with Crippen LogP contribution in [0.4, 0.5) is 52.2 Å². The van der Waals surface area contributed by atoms with Crippen molar-refractivity contribution in [2.75, 3.05) is 93.2 Å². The number of amides is 3. The third kappa shape index (κ3) is 18.1. The van der Waals surface area contributed by atoms with Gasteiger partial charge < -0.3 is 44.7 Å². The summed E-state index contributed by atoms with van der Waals surface area (Å²) >= 11 is 44.9. The van der Waals surface area contributed by atoms with Crippen LogP contribution >= 0.6 is 81.2 Å². The molecule has 0 aliphatic carbocycles. The number of rotatable bonds is 15. The number of alkyl halides is 3. The van der Waals surface area contributed by atoms with E-state index < -0.39 is 101 Å². The van der Waals surface area contributed by atoms with Crippen LogP contribution in [0.5, 0.6) is 17.2 Å². The molecule has 27 nitrogen and oxygen atoms in total. The molecule has 0 saturated carbocycles. The maximum Gasteiger partial charge on any atom is 0.422 e. The van der Waals surface area contributed by atoms with Gasteiger partial charge in [-0.05, 0) is 135 Å². The summed E-state index contributed by atoms with van der Waals surface area (Å²) in [5.74, 6) is -13.8. The molecule has 0 atom stereocenters. The summed E-state index contributed by atoms with van der Waals surface area (Å²) in [5.41, 5.74) is -2.72. The molecule has 0 spiro atoms. The highest BCUT2D eigenvalue weighted by Gasteiger charge is 2.44. The van der Waals surface area contributed by atoms with E-state index >= 15 is 4.39 Å². The number of hydrogen-bond acceptors (Lipinski definition) is 21. The van der Waals surface area contributed by atoms with E-state index in [0.717, 1.165) is 16.7 Å². The number of benzene rings is 3. The number of nitrogens with zero attached hydrogens (tertiary/aromatic N) is 18. The van der Waals surface area contributed by atoms with Crippen LogP contribution in [-0.2, 0) is 20.6 Å². The predicted molar refractivity (Wildman–Crippen MR) is 514 cm³/mol. The number of hydrogen-bond donors (Lipinski definition) is 3. The number of carbonyl (C=O) groups excluding carboxylic acids is 3. The van der Waals surface area contributed by atoms with E-state index in [9.17, 15) is 90.6 Å². The smallest absolute Gasteiger partial charge is 0.422 e. The predicted octanol–water partition coefficient (Wildman–Crippen LogP) is 19.8. The average Bonchev–Trinajstić information content (AvgIpc) is 0.727. The Morgan fingerprint density at radius 3 is 0.920 bits per heavy atom. The van der Waals surface area contributed by atoms with Crippen molar-refractivity contribution in [1.82, 2.24) is 58.3 Å². The van der Waals surface area contributed by atoms with Gasteiger partial charge in [0.1, 0.15) is 78.9 Å². The first-order valence-electron chi connectivity index (χ1n) is 42.4. The quantitative estimate of drug-likeness (QED) is 0.0371.